The van der Waals surface area contributed by atoms with Crippen LogP contribution in [-0.4, -0.2) is 17.0 Å². The average Bonchev–Trinajstić information content (AvgIpc) is 2.41. The molecule has 0 radical (unpaired) electrons. The zero-order valence-electron chi connectivity index (χ0n) is 9.85. The number of anilines is 1. The first-order chi connectivity index (χ1) is 9.02. The molecule has 0 saturated carbocycles. The number of pyridine rings is 1. The molecule has 1 aromatic heterocycles. The van der Waals surface area contributed by atoms with E-state index in [9.17, 15) is 10.1 Å². The highest BCUT2D eigenvalue weighted by atomic mass is 35.5. The predicted octanol–water partition coefficient (Wildman–Crippen LogP) is 4.01. The minimum atomic E-state index is -0.482. The molecule has 0 saturated heterocycles. The van der Waals surface area contributed by atoms with E-state index in [-0.39, 0.29) is 11.4 Å². The van der Waals surface area contributed by atoms with Crippen molar-refractivity contribution in [1.82, 2.24) is 4.98 Å². The Kier molecular flexibility index (Phi) is 3.87. The maximum absolute atomic E-state index is 11.0. The summed E-state index contributed by atoms with van der Waals surface area (Å²) in [5.41, 5.74) is 0.700. The summed E-state index contributed by atoms with van der Waals surface area (Å²) in [6.07, 6.45) is 0. The summed E-state index contributed by atoms with van der Waals surface area (Å²) in [6.45, 7) is 0. The van der Waals surface area contributed by atoms with Crippen molar-refractivity contribution in [3.63, 3.8) is 0 Å². The Bertz CT molecular complexity index is 647. The summed E-state index contributed by atoms with van der Waals surface area (Å²) < 4.78 is 0. The fourth-order valence-corrected chi connectivity index (χ4v) is 1.89. The molecule has 5 nitrogen and oxygen atoms in total. The maximum Gasteiger partial charge on any atom is 0.295 e. The molecular weight excluding hydrogens is 289 g/mol. The van der Waals surface area contributed by atoms with Gasteiger partial charge in [-0.25, -0.2) is 4.98 Å². The van der Waals surface area contributed by atoms with Crippen LogP contribution < -0.4 is 5.32 Å². The molecule has 1 heterocycles. The van der Waals surface area contributed by atoms with Crippen LogP contribution in [0.25, 0.3) is 11.3 Å². The van der Waals surface area contributed by atoms with E-state index in [4.69, 9.17) is 23.2 Å². The van der Waals surface area contributed by atoms with Crippen LogP contribution in [0.3, 0.4) is 0 Å². The molecule has 0 unspecified atom stereocenters. The zero-order valence-corrected chi connectivity index (χ0v) is 11.4. The highest BCUT2D eigenvalue weighted by molar-refractivity contribution is 6.42. The number of nitro groups is 1. The minimum Gasteiger partial charge on any atom is -0.373 e. The Labute approximate surface area is 119 Å². The molecule has 0 bridgehead atoms. The predicted molar refractivity (Wildman–Crippen MR) is 75.9 cm³/mol. The average molecular weight is 298 g/mol. The van der Waals surface area contributed by atoms with Gasteiger partial charge in [0.1, 0.15) is 5.82 Å². The van der Waals surface area contributed by atoms with Crippen LogP contribution in [0.2, 0.25) is 10.0 Å². The molecular formula is C12H9Cl2N3O2. The summed E-state index contributed by atoms with van der Waals surface area (Å²) in [6, 6.07) is 7.72. The molecule has 0 fully saturated rings. The van der Waals surface area contributed by atoms with Gasteiger partial charge < -0.3 is 5.32 Å². The third-order valence-corrected chi connectivity index (χ3v) is 3.26. The lowest BCUT2D eigenvalue weighted by Gasteiger charge is -2.06. The number of benzene rings is 1. The van der Waals surface area contributed by atoms with Gasteiger partial charge in [-0.05, 0) is 18.2 Å². The van der Waals surface area contributed by atoms with E-state index in [2.05, 4.69) is 10.3 Å². The van der Waals surface area contributed by atoms with Crippen molar-refractivity contribution in [2.24, 2.45) is 0 Å². The summed E-state index contributed by atoms with van der Waals surface area (Å²) in [5, 5.41) is 14.6. The number of rotatable bonds is 3. The normalized spacial score (nSPS) is 10.3. The van der Waals surface area contributed by atoms with Crippen LogP contribution in [0.5, 0.6) is 0 Å². The first kappa shape index (κ1) is 13.6. The molecule has 0 aliphatic carbocycles. The van der Waals surface area contributed by atoms with Crippen molar-refractivity contribution in [1.29, 1.82) is 0 Å². The van der Waals surface area contributed by atoms with Gasteiger partial charge in [-0.3, -0.25) is 10.1 Å². The third-order valence-electron chi connectivity index (χ3n) is 2.52. The summed E-state index contributed by atoms with van der Waals surface area (Å²) >= 11 is 11.8. The second kappa shape index (κ2) is 5.42. The largest absolute Gasteiger partial charge is 0.373 e. The van der Waals surface area contributed by atoms with Gasteiger partial charge >= 0.3 is 0 Å². The summed E-state index contributed by atoms with van der Waals surface area (Å²) in [5.74, 6) is 0.534. The van der Waals surface area contributed by atoms with E-state index in [1.165, 1.54) is 6.07 Å². The molecule has 0 aliphatic heterocycles. The van der Waals surface area contributed by atoms with Gasteiger partial charge in [-0.2, -0.15) is 0 Å². The fraction of sp³-hybridized carbons (Fsp3) is 0.0833. The van der Waals surface area contributed by atoms with E-state index in [1.54, 1.807) is 31.3 Å². The van der Waals surface area contributed by atoms with Crippen LogP contribution >= 0.6 is 23.2 Å². The molecule has 2 aromatic rings. The highest BCUT2D eigenvalue weighted by Crippen LogP contribution is 2.33. The van der Waals surface area contributed by atoms with E-state index >= 15 is 0 Å². The first-order valence-corrected chi connectivity index (χ1v) is 6.07. The molecule has 19 heavy (non-hydrogen) atoms. The summed E-state index contributed by atoms with van der Waals surface area (Å²) in [7, 11) is 1.69. The molecule has 1 aromatic carbocycles. The Balaban J connectivity index is 2.64. The third kappa shape index (κ3) is 2.77. The van der Waals surface area contributed by atoms with Gasteiger partial charge in [0.15, 0.2) is 5.69 Å². The maximum atomic E-state index is 11.0. The number of nitrogens with one attached hydrogen (secondary N) is 1. The van der Waals surface area contributed by atoms with Crippen molar-refractivity contribution in [2.45, 2.75) is 0 Å². The van der Waals surface area contributed by atoms with Crippen molar-refractivity contribution in [3.05, 3.63) is 50.5 Å². The Morgan fingerprint density at radius 2 is 1.95 bits per heavy atom. The van der Waals surface area contributed by atoms with Gasteiger partial charge in [0.25, 0.3) is 5.69 Å². The van der Waals surface area contributed by atoms with E-state index in [0.717, 1.165) is 0 Å². The van der Waals surface area contributed by atoms with E-state index in [1.807, 2.05) is 0 Å². The number of nitrogens with zero attached hydrogens (tertiary/aromatic N) is 2. The minimum absolute atomic E-state index is 0.0858. The number of hydrogen-bond acceptors (Lipinski definition) is 4. The molecule has 0 amide bonds. The van der Waals surface area contributed by atoms with Gasteiger partial charge in [-0.1, -0.05) is 29.3 Å². The topological polar surface area (TPSA) is 68.1 Å². The van der Waals surface area contributed by atoms with Gasteiger partial charge in [0.05, 0.1) is 15.0 Å². The highest BCUT2D eigenvalue weighted by Gasteiger charge is 2.18. The van der Waals surface area contributed by atoms with Crippen LogP contribution in [0.1, 0.15) is 0 Å². The number of halogens is 2. The first-order valence-electron chi connectivity index (χ1n) is 5.31. The van der Waals surface area contributed by atoms with Gasteiger partial charge in [0.2, 0.25) is 0 Å². The lowest BCUT2D eigenvalue weighted by molar-refractivity contribution is -0.384. The fourth-order valence-electron chi connectivity index (χ4n) is 1.59. The lowest BCUT2D eigenvalue weighted by Crippen LogP contribution is -1.98. The standard InChI is InChI=1S/C12H9Cl2N3O2/c1-15-11-5-4-10(17(18)19)12(16-11)7-2-3-8(13)9(14)6-7/h2-6H,1H3,(H,15,16). The molecule has 1 N–H and O–H groups in total. The van der Waals surface area contributed by atoms with Crippen LogP contribution in [-0.2, 0) is 0 Å². The zero-order chi connectivity index (χ0) is 14.0. The van der Waals surface area contributed by atoms with E-state index in [0.29, 0.717) is 21.4 Å². The summed E-state index contributed by atoms with van der Waals surface area (Å²) in [4.78, 5) is 14.7. The van der Waals surface area contributed by atoms with Crippen molar-refractivity contribution < 1.29 is 4.92 Å². The monoisotopic (exact) mass is 297 g/mol. The van der Waals surface area contributed by atoms with Crippen molar-refractivity contribution >= 4 is 34.7 Å². The molecule has 0 spiro atoms. The molecule has 7 heteroatoms. The molecule has 2 rings (SSSR count). The molecule has 0 aliphatic rings. The lowest BCUT2D eigenvalue weighted by atomic mass is 10.1. The molecule has 0 atom stereocenters. The second-order valence-electron chi connectivity index (χ2n) is 3.70. The van der Waals surface area contributed by atoms with Crippen LogP contribution in [0.15, 0.2) is 30.3 Å². The number of hydrogen-bond donors (Lipinski definition) is 1. The van der Waals surface area contributed by atoms with Crippen molar-refractivity contribution in [2.75, 3.05) is 12.4 Å². The quantitative estimate of drug-likeness (QED) is 0.686. The smallest absolute Gasteiger partial charge is 0.295 e. The van der Waals surface area contributed by atoms with E-state index < -0.39 is 4.92 Å². The Morgan fingerprint density at radius 3 is 2.53 bits per heavy atom. The van der Waals surface area contributed by atoms with Crippen LogP contribution in [0, 0.1) is 10.1 Å². The number of aromatic nitrogens is 1. The van der Waals surface area contributed by atoms with Gasteiger partial charge in [0, 0.05) is 18.7 Å². The Morgan fingerprint density at radius 1 is 1.21 bits per heavy atom. The van der Waals surface area contributed by atoms with Gasteiger partial charge in [-0.15, -0.1) is 0 Å². The Hall–Kier alpha value is -1.85. The second-order valence-corrected chi connectivity index (χ2v) is 4.51. The molecule has 98 valence electrons. The SMILES string of the molecule is CNc1ccc([N+](=O)[O-])c(-c2ccc(Cl)c(Cl)c2)n1. The van der Waals surface area contributed by atoms with Crippen molar-refractivity contribution in [3.8, 4) is 11.3 Å². The van der Waals surface area contributed by atoms with Crippen LogP contribution in [0.4, 0.5) is 11.5 Å².